The predicted octanol–water partition coefficient (Wildman–Crippen LogP) is 3.31. The number of carbonyl (C=O) groups is 10. The minimum Gasteiger partial charge on any atom is -0.478 e. The van der Waals surface area contributed by atoms with E-state index < -0.39 is 138 Å². The summed E-state index contributed by atoms with van der Waals surface area (Å²) in [6.07, 6.45) is 0. The third-order valence-corrected chi connectivity index (χ3v) is 8.02. The van der Waals surface area contributed by atoms with E-state index in [1.54, 1.807) is 0 Å². The normalized spacial score (nSPS) is 10.7. The number of hydrogen-bond donors (Lipinski definition) is 8. The molecule has 0 saturated heterocycles. The predicted molar refractivity (Wildman–Crippen MR) is 176 cm³/mol. The topological polar surface area (TPSA) is 342 Å². The molecule has 4 aromatic carbocycles. The summed E-state index contributed by atoms with van der Waals surface area (Å²) in [6.45, 7) is 0. The first-order chi connectivity index (χ1) is 25.7. The van der Waals surface area contributed by atoms with Gasteiger partial charge in [-0.05, 0) is 70.8 Å². The monoisotopic (exact) mass is 758 g/mol. The van der Waals surface area contributed by atoms with Crippen LogP contribution < -0.4 is 0 Å². The van der Waals surface area contributed by atoms with Gasteiger partial charge in [0.05, 0.1) is 44.5 Å². The molecular weight excluding hydrogens is 736 g/mol. The molecule has 0 aromatic heterocycles. The number of esters is 2. The summed E-state index contributed by atoms with van der Waals surface area (Å²) in [4.78, 5) is 123. The van der Waals surface area contributed by atoms with Crippen LogP contribution in [-0.4, -0.2) is 101 Å². The van der Waals surface area contributed by atoms with Gasteiger partial charge >= 0.3 is 59.7 Å². The molecule has 4 aromatic rings. The third-order valence-electron chi connectivity index (χ3n) is 8.02. The summed E-state index contributed by atoms with van der Waals surface area (Å²) in [6, 6.07) is 9.52. The second-order valence-electron chi connectivity index (χ2n) is 11.3. The van der Waals surface area contributed by atoms with Crippen LogP contribution in [0.25, 0.3) is 0 Å². The molecule has 0 aliphatic carbocycles. The lowest BCUT2D eigenvalue weighted by atomic mass is 9.86. The number of carboxylic acids is 8. The van der Waals surface area contributed by atoms with Crippen molar-refractivity contribution in [1.82, 2.24) is 0 Å². The molecule has 0 unspecified atom stereocenters. The number of ether oxygens (including phenoxy) is 1. The highest BCUT2D eigenvalue weighted by Crippen LogP contribution is 2.34. The Labute approximate surface area is 304 Å². The molecule has 0 atom stereocenters. The lowest BCUT2D eigenvalue weighted by molar-refractivity contribution is -0.160. The highest BCUT2D eigenvalue weighted by molar-refractivity contribution is 6.06. The first-order valence-corrected chi connectivity index (χ1v) is 14.9. The maximum absolute atomic E-state index is 14.0. The fraction of sp³-hybridized carbons (Fsp3) is 0.0556. The van der Waals surface area contributed by atoms with Crippen LogP contribution >= 0.6 is 0 Å². The van der Waals surface area contributed by atoms with Crippen LogP contribution in [0.5, 0.6) is 0 Å². The van der Waals surface area contributed by atoms with E-state index >= 15 is 0 Å². The van der Waals surface area contributed by atoms with Crippen LogP contribution in [0.2, 0.25) is 0 Å². The minimum absolute atomic E-state index is 0.422. The molecule has 0 amide bonds. The number of aromatic carboxylic acids is 8. The van der Waals surface area contributed by atoms with Crippen molar-refractivity contribution in [3.8, 4) is 0 Å². The van der Waals surface area contributed by atoms with Crippen LogP contribution in [0.4, 0.5) is 0 Å². The highest BCUT2D eigenvalue weighted by atomic mass is 16.6. The molecule has 0 aliphatic heterocycles. The molecule has 0 bridgehead atoms. The van der Waals surface area contributed by atoms with E-state index in [9.17, 15) is 88.8 Å². The number of benzene rings is 4. The summed E-state index contributed by atoms with van der Waals surface area (Å²) < 4.78 is 5.17. The van der Waals surface area contributed by atoms with Crippen molar-refractivity contribution in [1.29, 1.82) is 0 Å². The second kappa shape index (κ2) is 15.6. The van der Waals surface area contributed by atoms with Gasteiger partial charge in [0.1, 0.15) is 11.8 Å². The van der Waals surface area contributed by atoms with Gasteiger partial charge in [-0.2, -0.15) is 0 Å². The van der Waals surface area contributed by atoms with Gasteiger partial charge in [0, 0.05) is 0 Å². The molecule has 0 heterocycles. The minimum atomic E-state index is -2.03. The SMILES string of the molecule is O=C(O)c1ccc(C(C(=O)OC(=O)C(c2ccc(C(=O)O)c(C(=O)O)c2)c2ccc(C(=O)O)c(C(=O)O)c2)c2ccc(C(=O)O)c(C(=O)O)c2)cc1C(=O)O. The Kier molecular flexibility index (Phi) is 11.2. The standard InChI is InChI=1S/C36H22O19/c37-27(38)17-5-1-13(9-21(17)31(45)46)25(14-2-6-18(28(39)40)22(10-14)32(47)48)35(53)55-36(54)26(15-3-7-19(29(41)42)23(11-15)33(49)50)16-4-8-20(30(43)44)24(12-16)34(51)52/h1-12,25-26H,(H,37,38)(H,39,40)(H,41,42)(H,43,44)(H,45,46)(H,47,48)(H,49,50)(H,51,52). The van der Waals surface area contributed by atoms with Gasteiger partial charge in [-0.3, -0.25) is 9.59 Å². The van der Waals surface area contributed by atoms with E-state index in [1.807, 2.05) is 0 Å². The molecule has 0 spiro atoms. The molecule has 0 saturated carbocycles. The van der Waals surface area contributed by atoms with E-state index in [4.69, 9.17) is 4.74 Å². The average molecular weight is 759 g/mol. The van der Waals surface area contributed by atoms with Crippen molar-refractivity contribution >= 4 is 59.7 Å². The zero-order valence-electron chi connectivity index (χ0n) is 27.2. The lowest BCUT2D eigenvalue weighted by Gasteiger charge is -2.22. The Balaban J connectivity index is 1.98. The molecule has 4 rings (SSSR count). The van der Waals surface area contributed by atoms with Gasteiger partial charge in [-0.25, -0.2) is 38.4 Å². The Morgan fingerprint density at radius 1 is 0.309 bits per heavy atom. The Hall–Kier alpha value is -8.22. The van der Waals surface area contributed by atoms with E-state index in [0.29, 0.717) is 24.3 Å². The first-order valence-electron chi connectivity index (χ1n) is 14.9. The van der Waals surface area contributed by atoms with Crippen molar-refractivity contribution < 1.29 is 93.5 Å². The summed E-state index contributed by atoms with van der Waals surface area (Å²) in [5, 5.41) is 76.8. The van der Waals surface area contributed by atoms with E-state index in [0.717, 1.165) is 48.5 Å². The van der Waals surface area contributed by atoms with E-state index in [1.165, 1.54) is 0 Å². The van der Waals surface area contributed by atoms with E-state index in [2.05, 4.69) is 0 Å². The molecule has 19 heteroatoms. The number of hydrogen-bond acceptors (Lipinski definition) is 11. The van der Waals surface area contributed by atoms with Gasteiger partial charge in [-0.1, -0.05) is 24.3 Å². The molecule has 0 radical (unpaired) electrons. The Morgan fingerprint density at radius 2 is 0.491 bits per heavy atom. The van der Waals surface area contributed by atoms with Crippen LogP contribution in [0.3, 0.4) is 0 Å². The summed E-state index contributed by atoms with van der Waals surface area (Å²) in [7, 11) is 0. The van der Waals surface area contributed by atoms with Crippen LogP contribution in [0.1, 0.15) is 117 Å². The van der Waals surface area contributed by atoms with Crippen molar-refractivity contribution in [3.05, 3.63) is 140 Å². The van der Waals surface area contributed by atoms with Crippen molar-refractivity contribution in [3.63, 3.8) is 0 Å². The van der Waals surface area contributed by atoms with Crippen LogP contribution in [-0.2, 0) is 14.3 Å². The van der Waals surface area contributed by atoms with Gasteiger partial charge in [0.25, 0.3) is 0 Å². The molecule has 55 heavy (non-hydrogen) atoms. The maximum atomic E-state index is 14.0. The van der Waals surface area contributed by atoms with Crippen molar-refractivity contribution in [2.45, 2.75) is 11.8 Å². The molecule has 19 nitrogen and oxygen atoms in total. The largest absolute Gasteiger partial charge is 0.478 e. The quantitative estimate of drug-likeness (QED) is 0.0675. The Morgan fingerprint density at radius 3 is 0.655 bits per heavy atom. The van der Waals surface area contributed by atoms with Gasteiger partial charge < -0.3 is 45.6 Å². The third kappa shape index (κ3) is 8.15. The number of rotatable bonds is 14. The zero-order valence-corrected chi connectivity index (χ0v) is 27.2. The fourth-order valence-corrected chi connectivity index (χ4v) is 5.57. The van der Waals surface area contributed by atoms with Crippen molar-refractivity contribution in [2.24, 2.45) is 0 Å². The maximum Gasteiger partial charge on any atom is 0.336 e. The van der Waals surface area contributed by atoms with E-state index in [-0.39, 0.29) is 0 Å². The van der Waals surface area contributed by atoms with Crippen LogP contribution in [0, 0.1) is 0 Å². The number of carbonyl (C=O) groups excluding carboxylic acids is 2. The van der Waals surface area contributed by atoms with Crippen LogP contribution in [0.15, 0.2) is 72.8 Å². The first kappa shape index (κ1) is 39.6. The highest BCUT2D eigenvalue weighted by Gasteiger charge is 2.35. The summed E-state index contributed by atoms with van der Waals surface area (Å²) in [5.41, 5.74) is -8.25. The molecule has 280 valence electrons. The van der Waals surface area contributed by atoms with Gasteiger partial charge in [0.15, 0.2) is 0 Å². The zero-order chi connectivity index (χ0) is 41.0. The smallest absolute Gasteiger partial charge is 0.336 e. The second-order valence-corrected chi connectivity index (χ2v) is 11.3. The average Bonchev–Trinajstić information content (AvgIpc) is 3.11. The van der Waals surface area contributed by atoms with Gasteiger partial charge in [0.2, 0.25) is 0 Å². The fourth-order valence-electron chi connectivity index (χ4n) is 5.57. The molecular formula is C36H22O19. The van der Waals surface area contributed by atoms with Gasteiger partial charge in [-0.15, -0.1) is 0 Å². The molecule has 8 N–H and O–H groups in total. The summed E-state index contributed by atoms with van der Waals surface area (Å²) in [5.74, 6) is -21.4. The molecule has 0 fully saturated rings. The Bertz CT molecular complexity index is 2070. The van der Waals surface area contributed by atoms with Crippen molar-refractivity contribution in [2.75, 3.05) is 0 Å². The molecule has 0 aliphatic rings. The number of carboxylic acid groups (broad SMARTS) is 8. The lowest BCUT2D eigenvalue weighted by Crippen LogP contribution is -2.27. The summed E-state index contributed by atoms with van der Waals surface area (Å²) >= 11 is 0.